The predicted octanol–water partition coefficient (Wildman–Crippen LogP) is 6.39. The highest BCUT2D eigenvalue weighted by atomic mass is 35.5. The molecule has 1 N–H and O–H groups in total. The number of aryl methyl sites for hydroxylation is 1. The molecule has 8 heteroatoms. The lowest BCUT2D eigenvalue weighted by Crippen LogP contribution is -1.97. The molecular weight excluding hydrogens is 416 g/mol. The Morgan fingerprint density at radius 1 is 1.06 bits per heavy atom. The summed E-state index contributed by atoms with van der Waals surface area (Å²) in [7, 11) is 0. The van der Waals surface area contributed by atoms with Gasteiger partial charge in [-0.3, -0.25) is 10.1 Å². The standard InChI is InChI=1S/C23H17ClN4O3/c1-12-3-4-15(10-21(12)28(29)30)22-26-23(31-27-22)13(2)14-5-7-17-18-11-16(24)6-8-19(18)25-20(17)9-14/h3-11,13,25H,1-2H3. The van der Waals surface area contributed by atoms with Gasteiger partial charge < -0.3 is 9.51 Å². The number of H-pyrrole nitrogens is 1. The lowest BCUT2D eigenvalue weighted by atomic mass is 9.99. The number of hydrogen-bond donors (Lipinski definition) is 1. The summed E-state index contributed by atoms with van der Waals surface area (Å²) >= 11 is 6.15. The molecule has 2 heterocycles. The molecule has 0 fully saturated rings. The summed E-state index contributed by atoms with van der Waals surface area (Å²) < 4.78 is 5.49. The number of halogens is 1. The molecule has 0 radical (unpaired) electrons. The summed E-state index contributed by atoms with van der Waals surface area (Å²) in [4.78, 5) is 18.7. The number of rotatable bonds is 4. The van der Waals surface area contributed by atoms with Gasteiger partial charge in [0.2, 0.25) is 11.7 Å². The summed E-state index contributed by atoms with van der Waals surface area (Å²) in [5.41, 5.74) is 4.18. The van der Waals surface area contributed by atoms with Crippen LogP contribution in [-0.4, -0.2) is 20.0 Å². The maximum absolute atomic E-state index is 11.2. The molecule has 3 aromatic carbocycles. The fourth-order valence-corrected chi connectivity index (χ4v) is 3.95. The minimum absolute atomic E-state index is 0.0289. The number of nitro benzene ring substituents is 1. The predicted molar refractivity (Wildman–Crippen MR) is 119 cm³/mol. The molecule has 5 aromatic rings. The Morgan fingerprint density at radius 3 is 2.71 bits per heavy atom. The molecule has 7 nitrogen and oxygen atoms in total. The number of nitro groups is 1. The van der Waals surface area contributed by atoms with Crippen LogP contribution in [-0.2, 0) is 0 Å². The maximum atomic E-state index is 11.2. The number of aromatic nitrogens is 3. The highest BCUT2D eigenvalue weighted by molar-refractivity contribution is 6.31. The molecule has 0 aliphatic rings. The first-order valence-corrected chi connectivity index (χ1v) is 10.1. The second-order valence-electron chi connectivity index (χ2n) is 7.56. The molecule has 0 bridgehead atoms. The molecule has 0 saturated carbocycles. The first-order valence-electron chi connectivity index (χ1n) is 9.70. The molecule has 5 rings (SSSR count). The van der Waals surface area contributed by atoms with Gasteiger partial charge in [-0.25, -0.2) is 0 Å². The third kappa shape index (κ3) is 3.33. The maximum Gasteiger partial charge on any atom is 0.273 e. The van der Waals surface area contributed by atoms with Crippen LogP contribution in [0.4, 0.5) is 5.69 Å². The minimum Gasteiger partial charge on any atom is -0.355 e. The molecule has 31 heavy (non-hydrogen) atoms. The van der Waals surface area contributed by atoms with Crippen molar-refractivity contribution in [3.63, 3.8) is 0 Å². The van der Waals surface area contributed by atoms with Crippen molar-refractivity contribution in [2.45, 2.75) is 19.8 Å². The highest BCUT2D eigenvalue weighted by Gasteiger charge is 2.20. The fourth-order valence-electron chi connectivity index (χ4n) is 3.78. The van der Waals surface area contributed by atoms with E-state index in [-0.39, 0.29) is 11.6 Å². The van der Waals surface area contributed by atoms with Gasteiger partial charge in [0.1, 0.15) is 0 Å². The molecule has 0 amide bonds. The first-order chi connectivity index (χ1) is 14.9. The van der Waals surface area contributed by atoms with Crippen molar-refractivity contribution in [3.05, 3.63) is 86.8 Å². The summed E-state index contributed by atoms with van der Waals surface area (Å²) in [6.45, 7) is 3.68. The van der Waals surface area contributed by atoms with E-state index in [0.717, 1.165) is 27.4 Å². The number of nitrogens with one attached hydrogen (secondary N) is 1. The van der Waals surface area contributed by atoms with Gasteiger partial charge in [-0.05, 0) is 43.7 Å². The zero-order chi connectivity index (χ0) is 21.7. The van der Waals surface area contributed by atoms with Gasteiger partial charge in [-0.15, -0.1) is 0 Å². The average Bonchev–Trinajstić information content (AvgIpc) is 3.38. The van der Waals surface area contributed by atoms with Crippen LogP contribution < -0.4 is 0 Å². The van der Waals surface area contributed by atoms with Gasteiger partial charge >= 0.3 is 0 Å². The van der Waals surface area contributed by atoms with Crippen molar-refractivity contribution in [1.82, 2.24) is 15.1 Å². The van der Waals surface area contributed by atoms with E-state index in [0.29, 0.717) is 27.9 Å². The Morgan fingerprint density at radius 2 is 1.90 bits per heavy atom. The SMILES string of the molecule is Cc1ccc(-c2noc(C(C)c3ccc4c(c3)[nH]c3ccc(Cl)cc34)n2)cc1[N+](=O)[O-]. The third-order valence-electron chi connectivity index (χ3n) is 5.56. The van der Waals surface area contributed by atoms with E-state index in [1.54, 1.807) is 19.1 Å². The Bertz CT molecular complexity index is 1470. The molecule has 1 unspecified atom stereocenters. The largest absolute Gasteiger partial charge is 0.355 e. The lowest BCUT2D eigenvalue weighted by molar-refractivity contribution is -0.385. The zero-order valence-electron chi connectivity index (χ0n) is 16.7. The smallest absolute Gasteiger partial charge is 0.273 e. The van der Waals surface area contributed by atoms with Crippen molar-refractivity contribution in [3.8, 4) is 11.4 Å². The molecular formula is C23H17ClN4O3. The molecule has 2 aromatic heterocycles. The zero-order valence-corrected chi connectivity index (χ0v) is 17.5. The number of benzene rings is 3. The molecule has 0 saturated heterocycles. The van der Waals surface area contributed by atoms with Crippen molar-refractivity contribution < 1.29 is 9.45 Å². The van der Waals surface area contributed by atoms with Crippen molar-refractivity contribution in [1.29, 1.82) is 0 Å². The highest BCUT2D eigenvalue weighted by Crippen LogP contribution is 2.32. The van der Waals surface area contributed by atoms with Crippen LogP contribution >= 0.6 is 11.6 Å². The Labute approximate surface area is 181 Å². The Balaban J connectivity index is 1.50. The quantitative estimate of drug-likeness (QED) is 0.262. The second-order valence-corrected chi connectivity index (χ2v) is 7.99. The van der Waals surface area contributed by atoms with Crippen LogP contribution in [0, 0.1) is 17.0 Å². The van der Waals surface area contributed by atoms with E-state index in [4.69, 9.17) is 16.1 Å². The molecule has 1 atom stereocenters. The summed E-state index contributed by atoms with van der Waals surface area (Å²) in [5.74, 6) is 0.615. The van der Waals surface area contributed by atoms with Gasteiger partial charge in [0.05, 0.1) is 10.8 Å². The summed E-state index contributed by atoms with van der Waals surface area (Å²) in [6, 6.07) is 16.8. The van der Waals surface area contributed by atoms with Crippen LogP contribution in [0.5, 0.6) is 0 Å². The second kappa shape index (κ2) is 7.21. The van der Waals surface area contributed by atoms with Crippen molar-refractivity contribution in [2.75, 3.05) is 0 Å². The minimum atomic E-state index is -0.412. The van der Waals surface area contributed by atoms with E-state index >= 15 is 0 Å². The fraction of sp³-hybridized carbons (Fsp3) is 0.130. The topological polar surface area (TPSA) is 97.8 Å². The Kier molecular flexibility index (Phi) is 4.48. The molecule has 0 spiro atoms. The van der Waals surface area contributed by atoms with Gasteiger partial charge in [-0.2, -0.15) is 4.98 Å². The van der Waals surface area contributed by atoms with E-state index in [1.807, 2.05) is 31.2 Å². The normalized spacial score (nSPS) is 12.5. The number of nitrogens with zero attached hydrogens (tertiary/aromatic N) is 3. The first kappa shape index (κ1) is 19.3. The van der Waals surface area contributed by atoms with Crippen LogP contribution in [0.1, 0.15) is 29.9 Å². The van der Waals surface area contributed by atoms with Crippen molar-refractivity contribution >= 4 is 39.1 Å². The van der Waals surface area contributed by atoms with E-state index in [2.05, 4.69) is 27.3 Å². The number of fused-ring (bicyclic) bond motifs is 3. The lowest BCUT2D eigenvalue weighted by Gasteiger charge is -2.07. The van der Waals surface area contributed by atoms with E-state index in [9.17, 15) is 10.1 Å². The van der Waals surface area contributed by atoms with E-state index in [1.165, 1.54) is 6.07 Å². The van der Waals surface area contributed by atoms with Gasteiger partial charge in [0.25, 0.3) is 5.69 Å². The van der Waals surface area contributed by atoms with E-state index < -0.39 is 4.92 Å². The van der Waals surface area contributed by atoms with Gasteiger partial charge in [-0.1, -0.05) is 41.0 Å². The van der Waals surface area contributed by atoms with Gasteiger partial charge in [0.15, 0.2) is 0 Å². The average molecular weight is 433 g/mol. The third-order valence-corrected chi connectivity index (χ3v) is 5.80. The summed E-state index contributed by atoms with van der Waals surface area (Å²) in [5, 5.41) is 18.1. The monoisotopic (exact) mass is 432 g/mol. The van der Waals surface area contributed by atoms with Crippen LogP contribution in [0.3, 0.4) is 0 Å². The summed E-state index contributed by atoms with van der Waals surface area (Å²) in [6.07, 6.45) is 0. The van der Waals surface area contributed by atoms with Crippen LogP contribution in [0.25, 0.3) is 33.2 Å². The molecule has 0 aliphatic heterocycles. The number of aromatic amines is 1. The van der Waals surface area contributed by atoms with Crippen LogP contribution in [0.15, 0.2) is 59.1 Å². The van der Waals surface area contributed by atoms with Crippen LogP contribution in [0.2, 0.25) is 5.02 Å². The van der Waals surface area contributed by atoms with Gasteiger partial charge in [0, 0.05) is 44.0 Å². The Hall–Kier alpha value is -3.71. The van der Waals surface area contributed by atoms with Crippen molar-refractivity contribution in [2.24, 2.45) is 0 Å². The number of hydrogen-bond acceptors (Lipinski definition) is 5. The molecule has 154 valence electrons. The molecule has 0 aliphatic carbocycles.